The summed E-state index contributed by atoms with van der Waals surface area (Å²) in [4.78, 5) is 20.5. The van der Waals surface area contributed by atoms with Gasteiger partial charge in [0.25, 0.3) is 0 Å². The molecule has 0 atom stereocenters. The zero-order valence-electron chi connectivity index (χ0n) is 5.68. The molecule has 0 aliphatic heterocycles. The van der Waals surface area contributed by atoms with Gasteiger partial charge in [0.05, 0.1) is 12.1 Å². The molecule has 0 aliphatic carbocycles. The van der Waals surface area contributed by atoms with Gasteiger partial charge in [-0.3, -0.25) is 0 Å². The van der Waals surface area contributed by atoms with Gasteiger partial charge in [-0.2, -0.15) is 10.2 Å². The van der Waals surface area contributed by atoms with E-state index in [9.17, 15) is 9.59 Å². The molecule has 1 aromatic rings. The predicted octanol–water partition coefficient (Wildman–Crippen LogP) is -0.0420. The number of carbonyl (C=O) groups is 2. The van der Waals surface area contributed by atoms with E-state index in [0.717, 1.165) is 0 Å². The van der Waals surface area contributed by atoms with Crippen LogP contribution in [0, 0.1) is 0 Å². The van der Waals surface area contributed by atoms with E-state index in [-0.39, 0.29) is 0 Å². The second-order valence-corrected chi connectivity index (χ2v) is 1.97. The first-order valence-electron chi connectivity index (χ1n) is 3.05. The highest BCUT2D eigenvalue weighted by Crippen LogP contribution is 2.06. The number of hydrogen-bond donors (Lipinski definition) is 0. The molecule has 4 nitrogen and oxygen atoms in total. The number of carbonyl (C=O) groups excluding carboxylic acids is 2. The van der Waals surface area contributed by atoms with Crippen LogP contribution < -0.4 is 0 Å². The van der Waals surface area contributed by atoms with E-state index >= 15 is 0 Å². The molecule has 0 aliphatic rings. The van der Waals surface area contributed by atoms with Gasteiger partial charge in [0, 0.05) is 6.20 Å². The summed E-state index contributed by atoms with van der Waals surface area (Å²) in [6.07, 6.45) is 3.98. The fraction of sp³-hybridized carbons (Fsp3) is 0.143. The highest BCUT2D eigenvalue weighted by atomic mass is 16.1. The Balaban J connectivity index is 2.90. The van der Waals surface area contributed by atoms with Crippen LogP contribution in [0.1, 0.15) is 11.5 Å². The summed E-state index contributed by atoms with van der Waals surface area (Å²) in [6.45, 7) is 0. The van der Waals surface area contributed by atoms with Crippen LogP contribution >= 0.6 is 0 Å². The monoisotopic (exact) mass is 150 g/mol. The molecule has 1 heterocycles. The van der Waals surface area contributed by atoms with Crippen molar-refractivity contribution >= 4 is 12.6 Å². The van der Waals surface area contributed by atoms with Crippen LogP contribution in [0.25, 0.3) is 0 Å². The maximum Gasteiger partial charge on any atom is 0.134 e. The maximum atomic E-state index is 10.3. The lowest BCUT2D eigenvalue weighted by Crippen LogP contribution is -2.01. The average molecular weight is 150 g/mol. The van der Waals surface area contributed by atoms with Gasteiger partial charge in [-0.1, -0.05) is 0 Å². The molecule has 0 saturated heterocycles. The Morgan fingerprint density at radius 1 is 1.27 bits per heavy atom. The Morgan fingerprint density at radius 3 is 2.45 bits per heavy atom. The van der Waals surface area contributed by atoms with Crippen LogP contribution in [0.2, 0.25) is 0 Å². The predicted molar refractivity (Wildman–Crippen MR) is 36.9 cm³/mol. The van der Waals surface area contributed by atoms with Gasteiger partial charge in [0.1, 0.15) is 12.6 Å². The Morgan fingerprint density at radius 2 is 2.00 bits per heavy atom. The van der Waals surface area contributed by atoms with Crippen LogP contribution in [-0.4, -0.2) is 22.8 Å². The minimum atomic E-state index is -0.703. The Labute approximate surface area is 63.3 Å². The number of aromatic nitrogens is 2. The lowest BCUT2D eigenvalue weighted by atomic mass is 10.1. The lowest BCUT2D eigenvalue weighted by Gasteiger charge is -1.98. The Kier molecular flexibility index (Phi) is 2.43. The van der Waals surface area contributed by atoms with Crippen molar-refractivity contribution in [2.75, 3.05) is 0 Å². The largest absolute Gasteiger partial charge is 0.302 e. The third kappa shape index (κ3) is 1.67. The molecule has 0 aromatic carbocycles. The number of hydrogen-bond acceptors (Lipinski definition) is 4. The number of nitrogens with zero attached hydrogens (tertiary/aromatic N) is 2. The van der Waals surface area contributed by atoms with E-state index in [4.69, 9.17) is 0 Å². The number of aldehydes is 2. The highest BCUT2D eigenvalue weighted by molar-refractivity contribution is 5.84. The molecule has 11 heavy (non-hydrogen) atoms. The lowest BCUT2D eigenvalue weighted by molar-refractivity contribution is -0.116. The normalized spacial score (nSPS) is 9.55. The highest BCUT2D eigenvalue weighted by Gasteiger charge is 2.07. The Bertz CT molecular complexity index is 240. The molecule has 56 valence electrons. The second-order valence-electron chi connectivity index (χ2n) is 1.97. The summed E-state index contributed by atoms with van der Waals surface area (Å²) in [5.74, 6) is -0.703. The van der Waals surface area contributed by atoms with E-state index in [1.165, 1.54) is 12.4 Å². The van der Waals surface area contributed by atoms with Gasteiger partial charge in [-0.25, -0.2) is 0 Å². The molecule has 1 aromatic heterocycles. The fourth-order valence-corrected chi connectivity index (χ4v) is 0.687. The van der Waals surface area contributed by atoms with E-state index in [2.05, 4.69) is 10.2 Å². The van der Waals surface area contributed by atoms with Crippen molar-refractivity contribution in [3.63, 3.8) is 0 Å². The molecule has 1 rings (SSSR count). The second kappa shape index (κ2) is 3.55. The van der Waals surface area contributed by atoms with Gasteiger partial charge >= 0.3 is 0 Å². The molecule has 0 fully saturated rings. The first-order chi connectivity index (χ1) is 5.38. The quantitative estimate of drug-likeness (QED) is 0.448. The molecule has 0 saturated carbocycles. The average Bonchev–Trinajstić information content (AvgIpc) is 2.09. The van der Waals surface area contributed by atoms with E-state index < -0.39 is 5.92 Å². The molecule has 0 bridgehead atoms. The third-order valence-electron chi connectivity index (χ3n) is 1.29. The molecule has 0 unspecified atom stereocenters. The van der Waals surface area contributed by atoms with Gasteiger partial charge in [-0.05, 0) is 11.6 Å². The van der Waals surface area contributed by atoms with Crippen molar-refractivity contribution in [1.29, 1.82) is 0 Å². The van der Waals surface area contributed by atoms with Crippen molar-refractivity contribution in [1.82, 2.24) is 10.2 Å². The van der Waals surface area contributed by atoms with Crippen molar-refractivity contribution in [2.45, 2.75) is 5.92 Å². The van der Waals surface area contributed by atoms with Crippen molar-refractivity contribution in [2.24, 2.45) is 0 Å². The van der Waals surface area contributed by atoms with Crippen molar-refractivity contribution < 1.29 is 9.59 Å². The first kappa shape index (κ1) is 7.53. The van der Waals surface area contributed by atoms with Gasteiger partial charge < -0.3 is 9.59 Å². The molecule has 4 heteroatoms. The van der Waals surface area contributed by atoms with E-state index in [1.807, 2.05) is 0 Å². The van der Waals surface area contributed by atoms with Crippen LogP contribution in [-0.2, 0) is 9.59 Å². The van der Waals surface area contributed by atoms with E-state index in [1.54, 1.807) is 6.07 Å². The number of rotatable bonds is 3. The van der Waals surface area contributed by atoms with Crippen LogP contribution in [0.15, 0.2) is 18.5 Å². The first-order valence-corrected chi connectivity index (χ1v) is 3.05. The zero-order chi connectivity index (χ0) is 8.10. The minimum Gasteiger partial charge on any atom is -0.302 e. The van der Waals surface area contributed by atoms with Gasteiger partial charge in [0.2, 0.25) is 0 Å². The van der Waals surface area contributed by atoms with Crippen LogP contribution in [0.4, 0.5) is 0 Å². The SMILES string of the molecule is O=CC(C=O)c1ccnnc1. The summed E-state index contributed by atoms with van der Waals surface area (Å²) in [5, 5.41) is 7.05. The molecule has 0 spiro atoms. The van der Waals surface area contributed by atoms with E-state index in [0.29, 0.717) is 18.1 Å². The van der Waals surface area contributed by atoms with Crippen molar-refractivity contribution in [3.8, 4) is 0 Å². The maximum absolute atomic E-state index is 10.3. The molecular weight excluding hydrogens is 144 g/mol. The summed E-state index contributed by atoms with van der Waals surface area (Å²) < 4.78 is 0. The summed E-state index contributed by atoms with van der Waals surface area (Å²) in [6, 6.07) is 1.58. The summed E-state index contributed by atoms with van der Waals surface area (Å²) >= 11 is 0. The molecule has 0 N–H and O–H groups in total. The minimum absolute atomic E-state index is 0.573. The van der Waals surface area contributed by atoms with Crippen LogP contribution in [0.5, 0.6) is 0 Å². The molecular formula is C7H6N2O2. The zero-order valence-corrected chi connectivity index (χ0v) is 5.68. The van der Waals surface area contributed by atoms with Crippen molar-refractivity contribution in [3.05, 3.63) is 24.0 Å². The topological polar surface area (TPSA) is 59.9 Å². The summed E-state index contributed by atoms with van der Waals surface area (Å²) in [7, 11) is 0. The fourth-order valence-electron chi connectivity index (χ4n) is 0.687. The smallest absolute Gasteiger partial charge is 0.134 e. The Hall–Kier alpha value is -1.58. The standard InChI is InChI=1S/C7H6N2O2/c10-4-7(5-11)6-1-2-8-9-3-6/h1-5,7H. The van der Waals surface area contributed by atoms with Crippen LogP contribution in [0.3, 0.4) is 0 Å². The molecule has 0 amide bonds. The van der Waals surface area contributed by atoms with Gasteiger partial charge in [-0.15, -0.1) is 0 Å². The summed E-state index contributed by atoms with van der Waals surface area (Å²) in [5.41, 5.74) is 0.574. The van der Waals surface area contributed by atoms with Gasteiger partial charge in [0.15, 0.2) is 0 Å². The third-order valence-corrected chi connectivity index (χ3v) is 1.29. The molecule has 0 radical (unpaired) electrons.